The largest absolute Gasteiger partial charge is 0.481 e. The van der Waals surface area contributed by atoms with Gasteiger partial charge in [0, 0.05) is 19.0 Å². The first kappa shape index (κ1) is 15.3. The molecule has 0 spiro atoms. The van der Waals surface area contributed by atoms with E-state index in [1.54, 1.807) is 4.90 Å². The lowest BCUT2D eigenvalue weighted by atomic mass is 9.89. The Labute approximate surface area is 125 Å². The van der Waals surface area contributed by atoms with Gasteiger partial charge in [0.05, 0.1) is 5.92 Å². The number of amides is 1. The van der Waals surface area contributed by atoms with Crippen LogP contribution >= 0.6 is 0 Å². The number of hydrogen-bond acceptors (Lipinski definition) is 2. The molecule has 2 rings (SSSR count). The van der Waals surface area contributed by atoms with Gasteiger partial charge in [0.1, 0.15) is 0 Å². The van der Waals surface area contributed by atoms with Gasteiger partial charge in [-0.15, -0.1) is 6.58 Å². The van der Waals surface area contributed by atoms with Crippen molar-refractivity contribution in [2.24, 2.45) is 5.92 Å². The third kappa shape index (κ3) is 3.32. The molecule has 4 heteroatoms. The van der Waals surface area contributed by atoms with E-state index >= 15 is 0 Å². The smallest absolute Gasteiger partial charge is 0.312 e. The number of allylic oxidation sites excluding steroid dienone is 1. The summed E-state index contributed by atoms with van der Waals surface area (Å²) in [6.07, 6.45) is 0.634. The molecule has 1 heterocycles. The van der Waals surface area contributed by atoms with E-state index < -0.39 is 11.9 Å². The van der Waals surface area contributed by atoms with E-state index in [1.165, 1.54) is 0 Å². The summed E-state index contributed by atoms with van der Waals surface area (Å²) < 4.78 is 0. The van der Waals surface area contributed by atoms with Crippen LogP contribution in [0.25, 0.3) is 0 Å². The van der Waals surface area contributed by atoms with Gasteiger partial charge >= 0.3 is 5.97 Å². The Hall–Kier alpha value is -2.10. The van der Waals surface area contributed by atoms with Gasteiger partial charge in [-0.05, 0) is 24.5 Å². The SMILES string of the molecule is C=C(C)CC(C)C(=O)N1Cc2ccccc2C(C(=O)O)C1. The van der Waals surface area contributed by atoms with Crippen molar-refractivity contribution in [1.29, 1.82) is 0 Å². The van der Waals surface area contributed by atoms with Crippen molar-refractivity contribution in [2.75, 3.05) is 6.54 Å². The zero-order valence-electron chi connectivity index (χ0n) is 12.5. The van der Waals surface area contributed by atoms with E-state index in [9.17, 15) is 14.7 Å². The summed E-state index contributed by atoms with van der Waals surface area (Å²) in [4.78, 5) is 25.6. The van der Waals surface area contributed by atoms with Crippen molar-refractivity contribution >= 4 is 11.9 Å². The Bertz CT molecular complexity index is 579. The highest BCUT2D eigenvalue weighted by Gasteiger charge is 2.33. The maximum absolute atomic E-state index is 12.5. The fourth-order valence-corrected chi connectivity index (χ4v) is 2.91. The second kappa shape index (κ2) is 6.12. The molecule has 0 aliphatic carbocycles. The average Bonchev–Trinajstić information content (AvgIpc) is 2.44. The maximum Gasteiger partial charge on any atom is 0.312 e. The van der Waals surface area contributed by atoms with E-state index in [2.05, 4.69) is 6.58 Å². The van der Waals surface area contributed by atoms with Gasteiger partial charge in [-0.25, -0.2) is 0 Å². The summed E-state index contributed by atoms with van der Waals surface area (Å²) in [5, 5.41) is 9.42. The molecule has 1 aromatic rings. The third-order valence-electron chi connectivity index (χ3n) is 3.88. The molecule has 0 saturated heterocycles. The van der Waals surface area contributed by atoms with Crippen molar-refractivity contribution in [1.82, 2.24) is 4.90 Å². The topological polar surface area (TPSA) is 57.6 Å². The number of carboxylic acid groups (broad SMARTS) is 1. The normalized spacial score (nSPS) is 18.8. The number of fused-ring (bicyclic) bond motifs is 1. The van der Waals surface area contributed by atoms with Gasteiger partial charge in [0.25, 0.3) is 0 Å². The van der Waals surface area contributed by atoms with E-state index in [1.807, 2.05) is 38.1 Å². The van der Waals surface area contributed by atoms with Crippen LogP contribution in [0.15, 0.2) is 36.4 Å². The molecule has 0 fully saturated rings. The monoisotopic (exact) mass is 287 g/mol. The first-order chi connectivity index (χ1) is 9.90. The second-order valence-corrected chi connectivity index (χ2v) is 5.87. The molecule has 1 aliphatic heterocycles. The van der Waals surface area contributed by atoms with Gasteiger partial charge in [0.15, 0.2) is 0 Å². The third-order valence-corrected chi connectivity index (χ3v) is 3.88. The van der Waals surface area contributed by atoms with Crippen LogP contribution in [0, 0.1) is 5.92 Å². The van der Waals surface area contributed by atoms with Crippen molar-refractivity contribution in [2.45, 2.75) is 32.7 Å². The first-order valence-corrected chi connectivity index (χ1v) is 7.14. The van der Waals surface area contributed by atoms with E-state index in [-0.39, 0.29) is 18.4 Å². The number of carboxylic acids is 1. The fourth-order valence-electron chi connectivity index (χ4n) is 2.91. The lowest BCUT2D eigenvalue weighted by Gasteiger charge is -2.34. The minimum absolute atomic E-state index is 0.00115. The van der Waals surface area contributed by atoms with E-state index in [0.29, 0.717) is 13.0 Å². The Morgan fingerprint density at radius 2 is 2.10 bits per heavy atom. The number of nitrogens with zero attached hydrogens (tertiary/aromatic N) is 1. The molecule has 2 unspecified atom stereocenters. The van der Waals surface area contributed by atoms with Crippen molar-refractivity contribution in [3.8, 4) is 0 Å². The molecule has 0 aromatic heterocycles. The van der Waals surface area contributed by atoms with Crippen molar-refractivity contribution in [3.63, 3.8) is 0 Å². The highest BCUT2D eigenvalue weighted by atomic mass is 16.4. The predicted molar refractivity (Wildman–Crippen MR) is 80.8 cm³/mol. The zero-order chi connectivity index (χ0) is 15.6. The molecule has 21 heavy (non-hydrogen) atoms. The molecule has 4 nitrogen and oxygen atoms in total. The fraction of sp³-hybridized carbons (Fsp3) is 0.412. The molecule has 0 radical (unpaired) electrons. The minimum atomic E-state index is -0.882. The van der Waals surface area contributed by atoms with Crippen LogP contribution in [0.3, 0.4) is 0 Å². The molecule has 1 aliphatic rings. The molecule has 1 aromatic carbocycles. The lowest BCUT2D eigenvalue weighted by Crippen LogP contribution is -2.42. The van der Waals surface area contributed by atoms with Crippen LogP contribution in [0.4, 0.5) is 0 Å². The number of rotatable bonds is 4. The zero-order valence-corrected chi connectivity index (χ0v) is 12.5. The summed E-state index contributed by atoms with van der Waals surface area (Å²) >= 11 is 0. The second-order valence-electron chi connectivity index (χ2n) is 5.87. The summed E-state index contributed by atoms with van der Waals surface area (Å²) in [5.74, 6) is -1.69. The summed E-state index contributed by atoms with van der Waals surface area (Å²) in [6, 6.07) is 7.46. The molecule has 1 amide bonds. The highest BCUT2D eigenvalue weighted by Crippen LogP contribution is 2.29. The number of aliphatic carboxylic acids is 1. The molecule has 0 saturated carbocycles. The van der Waals surface area contributed by atoms with Gasteiger partial charge in [0.2, 0.25) is 5.91 Å². The van der Waals surface area contributed by atoms with Crippen LogP contribution in [0.1, 0.15) is 37.3 Å². The number of hydrogen-bond donors (Lipinski definition) is 1. The van der Waals surface area contributed by atoms with Crippen molar-refractivity contribution in [3.05, 3.63) is 47.5 Å². The molecular formula is C17H21NO3. The summed E-state index contributed by atoms with van der Waals surface area (Å²) in [6.45, 7) is 8.33. The Morgan fingerprint density at radius 1 is 1.43 bits per heavy atom. The minimum Gasteiger partial charge on any atom is -0.481 e. The maximum atomic E-state index is 12.5. The van der Waals surface area contributed by atoms with Gasteiger partial charge in [-0.2, -0.15) is 0 Å². The van der Waals surface area contributed by atoms with Crippen LogP contribution in [-0.2, 0) is 16.1 Å². The Morgan fingerprint density at radius 3 is 2.71 bits per heavy atom. The number of benzene rings is 1. The Kier molecular flexibility index (Phi) is 4.46. The van der Waals surface area contributed by atoms with E-state index in [4.69, 9.17) is 0 Å². The van der Waals surface area contributed by atoms with Crippen LogP contribution in [0.5, 0.6) is 0 Å². The van der Waals surface area contributed by atoms with Gasteiger partial charge < -0.3 is 10.0 Å². The number of carbonyl (C=O) groups excluding carboxylic acids is 1. The standard InChI is InChI=1S/C17H21NO3/c1-11(2)8-12(3)16(19)18-9-13-6-4-5-7-14(13)15(10-18)17(20)21/h4-7,12,15H,1,8-10H2,2-3H3,(H,20,21). The quantitative estimate of drug-likeness (QED) is 0.866. The molecule has 1 N–H and O–H groups in total. The molecule has 0 bridgehead atoms. The molecular weight excluding hydrogens is 266 g/mol. The highest BCUT2D eigenvalue weighted by molar-refractivity contribution is 5.82. The van der Waals surface area contributed by atoms with Crippen LogP contribution in [0.2, 0.25) is 0 Å². The van der Waals surface area contributed by atoms with Crippen LogP contribution < -0.4 is 0 Å². The van der Waals surface area contributed by atoms with Crippen LogP contribution in [-0.4, -0.2) is 28.4 Å². The van der Waals surface area contributed by atoms with Crippen molar-refractivity contribution < 1.29 is 14.7 Å². The van der Waals surface area contributed by atoms with E-state index in [0.717, 1.165) is 16.7 Å². The Balaban J connectivity index is 2.23. The molecule has 112 valence electrons. The molecule has 2 atom stereocenters. The first-order valence-electron chi connectivity index (χ1n) is 7.14. The van der Waals surface area contributed by atoms with Gasteiger partial charge in [-0.3, -0.25) is 9.59 Å². The van der Waals surface area contributed by atoms with Gasteiger partial charge in [-0.1, -0.05) is 36.8 Å². The summed E-state index contributed by atoms with van der Waals surface area (Å²) in [5.41, 5.74) is 2.71. The predicted octanol–water partition coefficient (Wildman–Crippen LogP) is 2.80. The average molecular weight is 287 g/mol. The lowest BCUT2D eigenvalue weighted by molar-refractivity contribution is -0.142. The number of carbonyl (C=O) groups is 2. The summed E-state index contributed by atoms with van der Waals surface area (Å²) in [7, 11) is 0.